The number of anilines is 1. The molecule has 0 aliphatic rings. The van der Waals surface area contributed by atoms with Crippen molar-refractivity contribution >= 4 is 41.4 Å². The van der Waals surface area contributed by atoms with Crippen molar-refractivity contribution in [2.24, 2.45) is 0 Å². The summed E-state index contributed by atoms with van der Waals surface area (Å²) >= 11 is 0.596. The van der Waals surface area contributed by atoms with E-state index in [9.17, 15) is 9.59 Å². The second-order valence-electron chi connectivity index (χ2n) is 3.18. The molecule has 0 heterocycles. The van der Waals surface area contributed by atoms with Crippen LogP contribution in [0.3, 0.4) is 0 Å². The summed E-state index contributed by atoms with van der Waals surface area (Å²) < 4.78 is 2.25. The summed E-state index contributed by atoms with van der Waals surface area (Å²) in [5.41, 5.74) is 0.632. The van der Waals surface area contributed by atoms with Crippen LogP contribution in [0.2, 0.25) is 0 Å². The van der Waals surface area contributed by atoms with Crippen LogP contribution < -0.4 is 15.5 Å². The Hall–Kier alpha value is -1.77. The lowest BCUT2D eigenvalue weighted by molar-refractivity contribution is -0.107. The van der Waals surface area contributed by atoms with Crippen molar-refractivity contribution < 1.29 is 19.6 Å². The average Bonchev–Trinajstić information content (AvgIpc) is 2.36. The molecule has 4 N–H and O–H groups in total. The molecule has 94 valence electrons. The van der Waals surface area contributed by atoms with Crippen LogP contribution in [0.25, 0.3) is 0 Å². The Morgan fingerprint density at radius 1 is 1.39 bits per heavy atom. The van der Waals surface area contributed by atoms with Crippen molar-refractivity contribution in [1.82, 2.24) is 4.72 Å². The number of amides is 2. The molecule has 1 aromatic carbocycles. The smallest absolute Gasteiger partial charge is 0.423 e. The summed E-state index contributed by atoms with van der Waals surface area (Å²) in [6.07, 6.45) is 1.08. The number of urea groups is 1. The van der Waals surface area contributed by atoms with Gasteiger partial charge < -0.3 is 15.4 Å². The highest BCUT2D eigenvalue weighted by molar-refractivity contribution is 8.12. The number of hydrogen-bond acceptors (Lipinski definition) is 5. The molecule has 0 unspecified atom stereocenters. The highest BCUT2D eigenvalue weighted by Gasteiger charge is 2.11. The molecule has 0 fully saturated rings. The Balaban J connectivity index is 2.56. The Labute approximate surface area is 108 Å². The predicted octanol–water partition coefficient (Wildman–Crippen LogP) is -0.151. The topological polar surface area (TPSA) is 98.7 Å². The van der Waals surface area contributed by atoms with Crippen molar-refractivity contribution in [1.29, 1.82) is 0 Å². The summed E-state index contributed by atoms with van der Waals surface area (Å²) in [4.78, 5) is 22.2. The minimum atomic E-state index is -1.61. The highest BCUT2D eigenvalue weighted by atomic mass is 32.2. The number of carbonyl (C=O) groups excluding carboxylic acids is 2. The monoisotopic (exact) mass is 266 g/mol. The van der Waals surface area contributed by atoms with Gasteiger partial charge in [-0.1, -0.05) is 18.7 Å². The van der Waals surface area contributed by atoms with Gasteiger partial charge in [0.15, 0.2) is 0 Å². The molecule has 0 aromatic heterocycles. The lowest BCUT2D eigenvalue weighted by Gasteiger charge is -2.07. The molecule has 1 rings (SSSR count). The van der Waals surface area contributed by atoms with Crippen LogP contribution in [0.1, 0.15) is 0 Å². The van der Waals surface area contributed by atoms with Crippen LogP contribution in [-0.4, -0.2) is 28.3 Å². The maximum absolute atomic E-state index is 11.4. The van der Waals surface area contributed by atoms with Gasteiger partial charge in [0, 0.05) is 17.6 Å². The second kappa shape index (κ2) is 6.85. The molecule has 0 atom stereocenters. The minimum absolute atomic E-state index is 0.252. The number of hydrogen-bond donors (Lipinski definition) is 4. The predicted molar refractivity (Wildman–Crippen MR) is 71.2 cm³/mol. The molecule has 18 heavy (non-hydrogen) atoms. The van der Waals surface area contributed by atoms with Gasteiger partial charge >= 0.3 is 13.1 Å². The fourth-order valence-electron chi connectivity index (χ4n) is 1.07. The molecular formula is C10H11BN2O4S. The first-order valence-electron chi connectivity index (χ1n) is 4.89. The van der Waals surface area contributed by atoms with Crippen LogP contribution in [0.5, 0.6) is 0 Å². The minimum Gasteiger partial charge on any atom is -0.423 e. The Morgan fingerprint density at radius 3 is 2.72 bits per heavy atom. The van der Waals surface area contributed by atoms with E-state index in [-0.39, 0.29) is 10.6 Å². The second-order valence-corrected chi connectivity index (χ2v) is 3.99. The van der Waals surface area contributed by atoms with E-state index in [1.165, 1.54) is 12.1 Å². The maximum Gasteiger partial charge on any atom is 0.488 e. The van der Waals surface area contributed by atoms with Gasteiger partial charge in [-0.2, -0.15) is 0 Å². The van der Waals surface area contributed by atoms with Gasteiger partial charge in [-0.3, -0.25) is 9.52 Å². The van der Waals surface area contributed by atoms with Crippen molar-refractivity contribution in [2.45, 2.75) is 0 Å². The zero-order valence-corrected chi connectivity index (χ0v) is 10.1. The molecule has 2 amide bonds. The molecule has 0 bridgehead atoms. The lowest BCUT2D eigenvalue weighted by Crippen LogP contribution is -2.30. The van der Waals surface area contributed by atoms with Crippen molar-refractivity contribution in [3.8, 4) is 0 Å². The zero-order valence-electron chi connectivity index (χ0n) is 9.29. The standard InChI is InChI=1S/C10H11BN2O4S/c1-2-9(14)18-13-10(15)12-8-5-3-4-7(6-8)11(16)17/h2-6,16-17H,1H2,(H2,12,13,15). The molecule has 0 aliphatic heterocycles. The first-order valence-corrected chi connectivity index (χ1v) is 5.71. The molecule has 0 radical (unpaired) electrons. The van der Waals surface area contributed by atoms with Gasteiger partial charge in [-0.05, 0) is 23.7 Å². The van der Waals surface area contributed by atoms with Gasteiger partial charge in [0.1, 0.15) is 0 Å². The first-order chi connectivity index (χ1) is 8.52. The van der Waals surface area contributed by atoms with Gasteiger partial charge in [-0.15, -0.1) is 0 Å². The first kappa shape index (κ1) is 14.3. The van der Waals surface area contributed by atoms with Gasteiger partial charge in [-0.25, -0.2) is 4.79 Å². The molecule has 1 aromatic rings. The molecule has 0 aliphatic carbocycles. The number of carbonyl (C=O) groups is 2. The third-order valence-electron chi connectivity index (χ3n) is 1.85. The van der Waals surface area contributed by atoms with E-state index in [1.54, 1.807) is 12.1 Å². The van der Waals surface area contributed by atoms with E-state index in [2.05, 4.69) is 16.6 Å². The van der Waals surface area contributed by atoms with E-state index < -0.39 is 13.1 Å². The largest absolute Gasteiger partial charge is 0.488 e. The van der Waals surface area contributed by atoms with Crippen LogP contribution in [0.4, 0.5) is 10.5 Å². The van der Waals surface area contributed by atoms with Gasteiger partial charge in [0.2, 0.25) is 5.12 Å². The fraction of sp³-hybridized carbons (Fsp3) is 0. The Kier molecular flexibility index (Phi) is 5.44. The van der Waals surface area contributed by atoms with Crippen molar-refractivity contribution in [3.05, 3.63) is 36.9 Å². The number of rotatable bonds is 3. The lowest BCUT2D eigenvalue weighted by atomic mass is 9.80. The number of nitrogens with one attached hydrogen (secondary N) is 2. The quantitative estimate of drug-likeness (QED) is 0.346. The molecule has 0 spiro atoms. The molecular weight excluding hydrogens is 255 g/mol. The highest BCUT2D eigenvalue weighted by Crippen LogP contribution is 2.05. The Bertz CT molecular complexity index is 467. The van der Waals surface area contributed by atoms with E-state index in [0.29, 0.717) is 17.6 Å². The van der Waals surface area contributed by atoms with Crippen LogP contribution >= 0.6 is 11.9 Å². The summed E-state index contributed by atoms with van der Waals surface area (Å²) in [6.45, 7) is 3.26. The summed E-state index contributed by atoms with van der Waals surface area (Å²) in [7, 11) is -1.61. The van der Waals surface area contributed by atoms with E-state index in [4.69, 9.17) is 10.0 Å². The SMILES string of the molecule is C=CC(=O)SNC(=O)Nc1cccc(B(O)O)c1. The van der Waals surface area contributed by atoms with E-state index in [0.717, 1.165) is 6.08 Å². The van der Waals surface area contributed by atoms with Crippen molar-refractivity contribution in [3.63, 3.8) is 0 Å². The number of benzene rings is 1. The summed E-state index contributed by atoms with van der Waals surface area (Å²) in [5, 5.41) is 20.0. The van der Waals surface area contributed by atoms with Crippen LogP contribution in [0, 0.1) is 0 Å². The zero-order chi connectivity index (χ0) is 13.5. The Morgan fingerprint density at radius 2 is 2.11 bits per heavy atom. The van der Waals surface area contributed by atoms with E-state index in [1.807, 2.05) is 0 Å². The molecule has 0 saturated carbocycles. The summed E-state index contributed by atoms with van der Waals surface area (Å²) in [5.74, 6) is 0. The van der Waals surface area contributed by atoms with Crippen molar-refractivity contribution in [2.75, 3.05) is 5.32 Å². The van der Waals surface area contributed by atoms with Crippen LogP contribution in [-0.2, 0) is 4.79 Å². The van der Waals surface area contributed by atoms with Crippen LogP contribution in [0.15, 0.2) is 36.9 Å². The van der Waals surface area contributed by atoms with Gasteiger partial charge in [0.25, 0.3) is 0 Å². The fourth-order valence-corrected chi connectivity index (χ4v) is 1.40. The molecule has 8 heteroatoms. The summed E-state index contributed by atoms with van der Waals surface area (Å²) in [6, 6.07) is 5.45. The van der Waals surface area contributed by atoms with Gasteiger partial charge in [0.05, 0.1) is 0 Å². The maximum atomic E-state index is 11.4. The normalized spacial score (nSPS) is 9.44. The average molecular weight is 266 g/mol. The van der Waals surface area contributed by atoms with E-state index >= 15 is 0 Å². The molecule has 0 saturated heterocycles. The molecule has 6 nitrogen and oxygen atoms in total. The third-order valence-corrected chi connectivity index (χ3v) is 2.51. The third kappa shape index (κ3) is 4.62.